The van der Waals surface area contributed by atoms with Gasteiger partial charge in [0, 0.05) is 10.6 Å². The van der Waals surface area contributed by atoms with Gasteiger partial charge in [0.15, 0.2) is 0 Å². The predicted octanol–water partition coefficient (Wildman–Crippen LogP) is 3.01. The molecule has 0 N–H and O–H groups in total. The van der Waals surface area contributed by atoms with Crippen LogP contribution in [-0.2, 0) is 0 Å². The Morgan fingerprint density at radius 1 is 1.50 bits per heavy atom. The van der Waals surface area contributed by atoms with Gasteiger partial charge in [0.2, 0.25) is 6.17 Å². The number of hydrogen-bond acceptors (Lipinski definition) is 1. The van der Waals surface area contributed by atoms with E-state index in [0.29, 0.717) is 0 Å². The van der Waals surface area contributed by atoms with Crippen molar-refractivity contribution in [1.29, 1.82) is 5.26 Å². The van der Waals surface area contributed by atoms with E-state index in [4.69, 9.17) is 16.9 Å². The predicted molar refractivity (Wildman–Crippen MR) is 40.9 cm³/mol. The van der Waals surface area contributed by atoms with E-state index in [2.05, 4.69) is 0 Å². The molecule has 0 spiro atoms. The Bertz CT molecular complexity index is 332. The fourth-order valence-electron chi connectivity index (χ4n) is 0.777. The molecule has 0 radical (unpaired) electrons. The molecular weight excluding hydrogens is 184 g/mol. The van der Waals surface area contributed by atoms with Crippen LogP contribution in [0.5, 0.6) is 0 Å². The third kappa shape index (κ3) is 1.72. The summed E-state index contributed by atoms with van der Waals surface area (Å²) >= 11 is 5.42. The molecule has 0 bridgehead atoms. The fraction of sp³-hybridized carbons (Fsp3) is 0.125. The summed E-state index contributed by atoms with van der Waals surface area (Å²) < 4.78 is 25.4. The van der Waals surface area contributed by atoms with Crippen LogP contribution in [-0.4, -0.2) is 0 Å². The second-order valence-electron chi connectivity index (χ2n) is 2.16. The first-order valence-corrected chi connectivity index (χ1v) is 3.51. The number of rotatable bonds is 1. The summed E-state index contributed by atoms with van der Waals surface area (Å²) in [6.07, 6.45) is -1.93. The molecule has 0 saturated heterocycles. The second kappa shape index (κ2) is 3.51. The van der Waals surface area contributed by atoms with Crippen LogP contribution < -0.4 is 0 Å². The lowest BCUT2D eigenvalue weighted by Gasteiger charge is -2.00. The number of hydrogen-bond donors (Lipinski definition) is 0. The highest BCUT2D eigenvalue weighted by atomic mass is 35.5. The van der Waals surface area contributed by atoms with Gasteiger partial charge in [-0.1, -0.05) is 17.7 Å². The maximum Gasteiger partial charge on any atom is 0.214 e. The van der Waals surface area contributed by atoms with Crippen molar-refractivity contribution in [3.63, 3.8) is 0 Å². The second-order valence-corrected chi connectivity index (χ2v) is 2.59. The van der Waals surface area contributed by atoms with Gasteiger partial charge < -0.3 is 0 Å². The number of alkyl halides is 1. The largest absolute Gasteiger partial charge is 0.226 e. The Hall–Kier alpha value is -1.14. The first-order chi connectivity index (χ1) is 5.65. The van der Waals surface area contributed by atoms with E-state index in [1.54, 1.807) is 0 Å². The first-order valence-electron chi connectivity index (χ1n) is 3.14. The quantitative estimate of drug-likeness (QED) is 0.663. The van der Waals surface area contributed by atoms with Crippen LogP contribution in [0, 0.1) is 17.1 Å². The molecule has 0 saturated carbocycles. The molecule has 0 aromatic heterocycles. The number of benzene rings is 1. The van der Waals surface area contributed by atoms with Crippen molar-refractivity contribution >= 4 is 11.6 Å². The third-order valence-electron chi connectivity index (χ3n) is 1.35. The SMILES string of the molecule is N#CC(F)c1ccc(Cl)cc1F. The van der Waals surface area contributed by atoms with E-state index in [1.165, 1.54) is 12.1 Å². The van der Waals surface area contributed by atoms with Crippen molar-refractivity contribution in [2.45, 2.75) is 6.17 Å². The van der Waals surface area contributed by atoms with Crippen LogP contribution in [0.3, 0.4) is 0 Å². The van der Waals surface area contributed by atoms with Crippen LogP contribution in [0.4, 0.5) is 8.78 Å². The lowest BCUT2D eigenvalue weighted by molar-refractivity contribution is 0.408. The smallest absolute Gasteiger partial charge is 0.214 e. The average molecular weight is 188 g/mol. The van der Waals surface area contributed by atoms with Crippen molar-refractivity contribution in [2.24, 2.45) is 0 Å². The topological polar surface area (TPSA) is 23.8 Å². The lowest BCUT2D eigenvalue weighted by atomic mass is 10.1. The molecule has 1 aromatic rings. The highest BCUT2D eigenvalue weighted by Crippen LogP contribution is 2.22. The van der Waals surface area contributed by atoms with Crippen LogP contribution in [0.25, 0.3) is 0 Å². The van der Waals surface area contributed by atoms with E-state index >= 15 is 0 Å². The molecule has 1 aromatic carbocycles. The Kier molecular flexibility index (Phi) is 2.61. The average Bonchev–Trinajstić information content (AvgIpc) is 2.03. The molecular formula is C8H4ClF2N. The molecule has 12 heavy (non-hydrogen) atoms. The normalized spacial score (nSPS) is 12.2. The molecule has 0 aliphatic heterocycles. The molecule has 0 aliphatic rings. The summed E-state index contributed by atoms with van der Waals surface area (Å²) in [5.41, 5.74) is -0.276. The van der Waals surface area contributed by atoms with E-state index in [1.807, 2.05) is 0 Å². The highest BCUT2D eigenvalue weighted by Gasteiger charge is 2.13. The van der Waals surface area contributed by atoms with Crippen molar-refractivity contribution in [2.75, 3.05) is 0 Å². The van der Waals surface area contributed by atoms with Gasteiger partial charge in [-0.3, -0.25) is 0 Å². The maximum atomic E-state index is 12.8. The van der Waals surface area contributed by atoms with Crippen LogP contribution in [0.1, 0.15) is 11.7 Å². The highest BCUT2D eigenvalue weighted by molar-refractivity contribution is 6.30. The van der Waals surface area contributed by atoms with Crippen LogP contribution in [0.15, 0.2) is 18.2 Å². The third-order valence-corrected chi connectivity index (χ3v) is 1.58. The zero-order valence-corrected chi connectivity index (χ0v) is 6.65. The molecule has 0 heterocycles. The van der Waals surface area contributed by atoms with Gasteiger partial charge in [0.25, 0.3) is 0 Å². The minimum Gasteiger partial charge on any atom is -0.226 e. The summed E-state index contributed by atoms with van der Waals surface area (Å²) in [6.45, 7) is 0. The summed E-state index contributed by atoms with van der Waals surface area (Å²) in [7, 11) is 0. The Labute approximate surface area is 73.2 Å². The lowest BCUT2D eigenvalue weighted by Crippen LogP contribution is -1.92. The Morgan fingerprint density at radius 2 is 2.17 bits per heavy atom. The Balaban J connectivity index is 3.11. The fourth-order valence-corrected chi connectivity index (χ4v) is 0.935. The van der Waals surface area contributed by atoms with Gasteiger partial charge >= 0.3 is 0 Å². The van der Waals surface area contributed by atoms with Crippen LogP contribution >= 0.6 is 11.6 Å². The van der Waals surface area contributed by atoms with Crippen molar-refractivity contribution in [1.82, 2.24) is 0 Å². The Morgan fingerprint density at radius 3 is 2.67 bits per heavy atom. The zero-order chi connectivity index (χ0) is 9.14. The minimum absolute atomic E-state index is 0.182. The molecule has 1 unspecified atom stereocenters. The first kappa shape index (κ1) is 8.95. The van der Waals surface area contributed by atoms with Crippen molar-refractivity contribution in [3.8, 4) is 6.07 Å². The maximum absolute atomic E-state index is 12.8. The molecule has 1 nitrogen and oxygen atoms in total. The van der Waals surface area contributed by atoms with Crippen LogP contribution in [0.2, 0.25) is 5.02 Å². The van der Waals surface area contributed by atoms with Crippen molar-refractivity contribution in [3.05, 3.63) is 34.6 Å². The minimum atomic E-state index is -1.93. The monoisotopic (exact) mass is 187 g/mol. The van der Waals surface area contributed by atoms with Gasteiger partial charge in [-0.15, -0.1) is 0 Å². The molecule has 4 heteroatoms. The van der Waals surface area contributed by atoms with Crippen molar-refractivity contribution < 1.29 is 8.78 Å². The van der Waals surface area contributed by atoms with E-state index in [9.17, 15) is 8.78 Å². The van der Waals surface area contributed by atoms with E-state index in [0.717, 1.165) is 12.1 Å². The van der Waals surface area contributed by atoms with E-state index in [-0.39, 0.29) is 10.6 Å². The number of nitriles is 1. The van der Waals surface area contributed by atoms with Gasteiger partial charge in [-0.25, -0.2) is 8.78 Å². The summed E-state index contributed by atoms with van der Waals surface area (Å²) in [4.78, 5) is 0. The standard InChI is InChI=1S/C8H4ClF2N/c9-5-1-2-6(7(10)3-5)8(11)4-12/h1-3,8H. The van der Waals surface area contributed by atoms with Gasteiger partial charge in [0.1, 0.15) is 11.9 Å². The van der Waals surface area contributed by atoms with Gasteiger partial charge in [-0.2, -0.15) is 5.26 Å². The number of halogens is 3. The molecule has 0 aliphatic carbocycles. The van der Waals surface area contributed by atoms with E-state index < -0.39 is 12.0 Å². The zero-order valence-electron chi connectivity index (χ0n) is 5.89. The molecule has 0 fully saturated rings. The molecule has 1 atom stereocenters. The van der Waals surface area contributed by atoms with Gasteiger partial charge in [0.05, 0.1) is 0 Å². The molecule has 1 rings (SSSR count). The summed E-state index contributed by atoms with van der Waals surface area (Å²) in [5.74, 6) is -0.795. The summed E-state index contributed by atoms with van der Waals surface area (Å²) in [6, 6.07) is 4.76. The van der Waals surface area contributed by atoms with Gasteiger partial charge in [-0.05, 0) is 12.1 Å². The summed E-state index contributed by atoms with van der Waals surface area (Å²) in [5, 5.41) is 8.34. The molecule has 0 amide bonds. The number of nitrogens with zero attached hydrogens (tertiary/aromatic N) is 1. The molecule has 62 valence electrons.